The fourth-order valence-corrected chi connectivity index (χ4v) is 2.41. The maximum atomic E-state index is 12.1. The highest BCUT2D eigenvalue weighted by molar-refractivity contribution is 6.30. The van der Waals surface area contributed by atoms with E-state index in [1.54, 1.807) is 42.5 Å². The maximum Gasteiger partial charge on any atom is 0.338 e. The van der Waals surface area contributed by atoms with E-state index in [2.05, 4.69) is 6.92 Å². The third-order valence-electron chi connectivity index (χ3n) is 3.60. The number of unbranched alkanes of at least 4 members (excludes halogenated alkanes) is 2. The average Bonchev–Trinajstić information content (AvgIpc) is 2.63. The summed E-state index contributed by atoms with van der Waals surface area (Å²) >= 11 is 5.89. The van der Waals surface area contributed by atoms with Crippen molar-refractivity contribution >= 4 is 23.5 Å². The summed E-state index contributed by atoms with van der Waals surface area (Å²) in [7, 11) is 0. The second-order valence-corrected chi connectivity index (χ2v) is 6.06. The van der Waals surface area contributed by atoms with Crippen molar-refractivity contribution in [1.82, 2.24) is 0 Å². The number of halogens is 1. The maximum absolute atomic E-state index is 12.1. The molecule has 0 saturated carbocycles. The van der Waals surface area contributed by atoms with Gasteiger partial charge < -0.3 is 9.47 Å². The number of carbonyl (C=O) groups excluding carboxylic acids is 2. The van der Waals surface area contributed by atoms with Crippen LogP contribution in [0.25, 0.3) is 0 Å². The molecule has 0 atom stereocenters. The normalized spacial score (nSPS) is 10.3. The summed E-state index contributed by atoms with van der Waals surface area (Å²) in [5, 5.41) is 0.593. The van der Waals surface area contributed by atoms with E-state index in [1.807, 2.05) is 6.07 Å². The second-order valence-electron chi connectivity index (χ2n) is 5.63. The molecular weight excluding hydrogens is 340 g/mol. The van der Waals surface area contributed by atoms with E-state index in [-0.39, 0.29) is 12.6 Å². The zero-order chi connectivity index (χ0) is 18.1. The molecule has 132 valence electrons. The van der Waals surface area contributed by atoms with Crippen LogP contribution in [0, 0.1) is 0 Å². The van der Waals surface area contributed by atoms with Crippen LogP contribution >= 0.6 is 11.6 Å². The van der Waals surface area contributed by atoms with Gasteiger partial charge in [0.2, 0.25) is 0 Å². The molecule has 0 spiro atoms. The van der Waals surface area contributed by atoms with Gasteiger partial charge in [0, 0.05) is 5.02 Å². The minimum absolute atomic E-state index is 0.139. The van der Waals surface area contributed by atoms with E-state index >= 15 is 0 Å². The summed E-state index contributed by atoms with van der Waals surface area (Å²) < 4.78 is 10.4. The van der Waals surface area contributed by atoms with Gasteiger partial charge in [0.05, 0.1) is 17.7 Å². The Bertz CT molecular complexity index is 710. The molecule has 4 nitrogen and oxygen atoms in total. The number of hydrogen-bond acceptors (Lipinski definition) is 4. The number of hydrogen-bond donors (Lipinski definition) is 0. The Morgan fingerprint density at radius 3 is 2.16 bits per heavy atom. The summed E-state index contributed by atoms with van der Waals surface area (Å²) in [6, 6.07) is 13.4. The molecule has 0 N–H and O–H groups in total. The number of benzene rings is 2. The molecular formula is C20H21ClO4. The minimum Gasteiger partial charge on any atom is -0.462 e. The molecule has 0 amide bonds. The van der Waals surface area contributed by atoms with E-state index in [0.29, 0.717) is 22.8 Å². The molecule has 0 saturated heterocycles. The number of esters is 2. The van der Waals surface area contributed by atoms with E-state index in [4.69, 9.17) is 21.1 Å². The molecule has 0 fully saturated rings. The topological polar surface area (TPSA) is 52.6 Å². The number of carbonyl (C=O) groups is 2. The molecule has 0 unspecified atom stereocenters. The van der Waals surface area contributed by atoms with Gasteiger partial charge in [-0.2, -0.15) is 0 Å². The predicted molar refractivity (Wildman–Crippen MR) is 96.8 cm³/mol. The molecule has 0 aliphatic carbocycles. The Morgan fingerprint density at radius 2 is 1.56 bits per heavy atom. The largest absolute Gasteiger partial charge is 0.462 e. The minimum atomic E-state index is -0.456. The fraction of sp³-hybridized carbons (Fsp3) is 0.300. The monoisotopic (exact) mass is 360 g/mol. The first-order valence-corrected chi connectivity index (χ1v) is 8.66. The standard InChI is InChI=1S/C20H21ClO4/c1-2-3-4-12-24-19(22)16-8-10-17(11-9-16)20(23)25-14-15-6-5-7-18(21)13-15/h5-11,13H,2-4,12,14H2,1H3. The molecule has 2 aromatic rings. The molecule has 25 heavy (non-hydrogen) atoms. The lowest BCUT2D eigenvalue weighted by molar-refractivity contribution is 0.0466. The van der Waals surface area contributed by atoms with E-state index in [9.17, 15) is 9.59 Å². The Morgan fingerprint density at radius 1 is 0.920 bits per heavy atom. The van der Waals surface area contributed by atoms with E-state index < -0.39 is 5.97 Å². The Labute approximate surface area is 152 Å². The van der Waals surface area contributed by atoms with Crippen LogP contribution in [-0.4, -0.2) is 18.5 Å². The SMILES string of the molecule is CCCCCOC(=O)c1ccc(C(=O)OCc2cccc(Cl)c2)cc1. The molecule has 0 aliphatic heterocycles. The zero-order valence-electron chi connectivity index (χ0n) is 14.2. The quantitative estimate of drug-likeness (QED) is 0.488. The highest BCUT2D eigenvalue weighted by atomic mass is 35.5. The first-order chi connectivity index (χ1) is 12.1. The molecule has 2 rings (SSSR count). The van der Waals surface area contributed by atoms with Crippen LogP contribution in [0.1, 0.15) is 52.5 Å². The lowest BCUT2D eigenvalue weighted by atomic mass is 10.1. The van der Waals surface area contributed by atoms with Crippen molar-refractivity contribution < 1.29 is 19.1 Å². The Hall–Kier alpha value is -2.33. The summed E-state index contributed by atoms with van der Waals surface area (Å²) in [6.07, 6.45) is 2.96. The fourth-order valence-electron chi connectivity index (χ4n) is 2.20. The van der Waals surface area contributed by atoms with Crippen molar-refractivity contribution in [2.75, 3.05) is 6.61 Å². The van der Waals surface area contributed by atoms with Crippen LogP contribution in [0.2, 0.25) is 5.02 Å². The Balaban J connectivity index is 1.86. The number of rotatable bonds is 8. The summed E-state index contributed by atoms with van der Waals surface area (Å²) in [5.41, 5.74) is 1.61. The van der Waals surface area contributed by atoms with Crippen molar-refractivity contribution in [1.29, 1.82) is 0 Å². The van der Waals surface area contributed by atoms with Crippen LogP contribution in [-0.2, 0) is 16.1 Å². The lowest BCUT2D eigenvalue weighted by Crippen LogP contribution is -2.08. The molecule has 0 radical (unpaired) electrons. The molecule has 0 aromatic heterocycles. The second kappa shape index (κ2) is 9.84. The van der Waals surface area contributed by atoms with Gasteiger partial charge in [-0.25, -0.2) is 9.59 Å². The van der Waals surface area contributed by atoms with Gasteiger partial charge in [0.1, 0.15) is 6.61 Å². The van der Waals surface area contributed by atoms with Gasteiger partial charge in [-0.1, -0.05) is 43.5 Å². The molecule has 0 bridgehead atoms. The van der Waals surface area contributed by atoms with E-state index in [0.717, 1.165) is 24.8 Å². The van der Waals surface area contributed by atoms with Crippen LogP contribution in [0.15, 0.2) is 48.5 Å². The smallest absolute Gasteiger partial charge is 0.338 e. The van der Waals surface area contributed by atoms with Gasteiger partial charge in [-0.05, 0) is 48.4 Å². The zero-order valence-corrected chi connectivity index (χ0v) is 14.9. The van der Waals surface area contributed by atoms with E-state index in [1.165, 1.54) is 0 Å². The van der Waals surface area contributed by atoms with Gasteiger partial charge >= 0.3 is 11.9 Å². The molecule has 0 heterocycles. The first-order valence-electron chi connectivity index (χ1n) is 8.29. The summed E-state index contributed by atoms with van der Waals surface area (Å²) in [6.45, 7) is 2.64. The Kier molecular flexibility index (Phi) is 7.48. The highest BCUT2D eigenvalue weighted by Crippen LogP contribution is 2.13. The van der Waals surface area contributed by atoms with Crippen molar-refractivity contribution in [3.05, 3.63) is 70.2 Å². The van der Waals surface area contributed by atoms with Gasteiger partial charge in [-0.3, -0.25) is 0 Å². The first kappa shape index (κ1) is 19.0. The summed E-state index contributed by atoms with van der Waals surface area (Å²) in [5.74, 6) is -0.835. The van der Waals surface area contributed by atoms with Gasteiger partial charge in [0.25, 0.3) is 0 Å². The van der Waals surface area contributed by atoms with Crippen LogP contribution in [0.3, 0.4) is 0 Å². The molecule has 0 aliphatic rings. The van der Waals surface area contributed by atoms with Crippen molar-refractivity contribution in [2.45, 2.75) is 32.8 Å². The lowest BCUT2D eigenvalue weighted by Gasteiger charge is -2.07. The van der Waals surface area contributed by atoms with Crippen molar-refractivity contribution in [2.24, 2.45) is 0 Å². The van der Waals surface area contributed by atoms with Crippen molar-refractivity contribution in [3.63, 3.8) is 0 Å². The molecule has 5 heteroatoms. The van der Waals surface area contributed by atoms with Crippen LogP contribution in [0.5, 0.6) is 0 Å². The van der Waals surface area contributed by atoms with Crippen molar-refractivity contribution in [3.8, 4) is 0 Å². The summed E-state index contributed by atoms with van der Waals surface area (Å²) in [4.78, 5) is 23.9. The highest BCUT2D eigenvalue weighted by Gasteiger charge is 2.11. The third-order valence-corrected chi connectivity index (χ3v) is 3.83. The third kappa shape index (κ3) is 6.24. The van der Waals surface area contributed by atoms with Crippen LogP contribution < -0.4 is 0 Å². The van der Waals surface area contributed by atoms with Gasteiger partial charge in [-0.15, -0.1) is 0 Å². The predicted octanol–water partition coefficient (Wildman–Crippen LogP) is 5.04. The average molecular weight is 361 g/mol. The van der Waals surface area contributed by atoms with Crippen LogP contribution in [0.4, 0.5) is 0 Å². The number of ether oxygens (including phenoxy) is 2. The molecule has 2 aromatic carbocycles. The van der Waals surface area contributed by atoms with Gasteiger partial charge in [0.15, 0.2) is 0 Å².